The van der Waals surface area contributed by atoms with Gasteiger partial charge in [-0.25, -0.2) is 0 Å². The standard InChI is InChI=1S/C14H21BrN2O/c1-2-18-14-6-3-12(15)9-11(14)10-17(8-7-16)13-4-5-13/h3,6,9,13H,2,4-5,7-8,10,16H2,1H3. The minimum absolute atomic E-state index is 0.703. The van der Waals surface area contributed by atoms with Crippen molar-refractivity contribution in [2.45, 2.75) is 32.4 Å². The molecule has 1 aliphatic carbocycles. The topological polar surface area (TPSA) is 38.5 Å². The molecule has 1 saturated carbocycles. The fourth-order valence-electron chi connectivity index (χ4n) is 2.18. The number of rotatable bonds is 7. The van der Waals surface area contributed by atoms with Crippen LogP contribution in [0.25, 0.3) is 0 Å². The molecule has 0 atom stereocenters. The van der Waals surface area contributed by atoms with Crippen LogP contribution < -0.4 is 10.5 Å². The summed E-state index contributed by atoms with van der Waals surface area (Å²) in [5.41, 5.74) is 6.94. The molecule has 2 N–H and O–H groups in total. The van der Waals surface area contributed by atoms with E-state index in [9.17, 15) is 0 Å². The summed E-state index contributed by atoms with van der Waals surface area (Å²) in [7, 11) is 0. The molecule has 3 nitrogen and oxygen atoms in total. The molecule has 0 spiro atoms. The number of hydrogen-bond acceptors (Lipinski definition) is 3. The summed E-state index contributed by atoms with van der Waals surface area (Å²) in [5.74, 6) is 0.989. The lowest BCUT2D eigenvalue weighted by Crippen LogP contribution is -2.31. The van der Waals surface area contributed by atoms with Crippen LogP contribution in [0.15, 0.2) is 22.7 Å². The summed E-state index contributed by atoms with van der Waals surface area (Å²) in [4.78, 5) is 2.46. The Morgan fingerprint density at radius 3 is 2.83 bits per heavy atom. The van der Waals surface area contributed by atoms with Crippen molar-refractivity contribution in [2.24, 2.45) is 5.73 Å². The Labute approximate surface area is 117 Å². The molecule has 0 bridgehead atoms. The van der Waals surface area contributed by atoms with E-state index in [1.165, 1.54) is 18.4 Å². The Morgan fingerprint density at radius 1 is 1.44 bits per heavy atom. The molecule has 4 heteroatoms. The summed E-state index contributed by atoms with van der Waals surface area (Å²) >= 11 is 3.53. The van der Waals surface area contributed by atoms with E-state index in [-0.39, 0.29) is 0 Å². The molecule has 100 valence electrons. The fourth-order valence-corrected chi connectivity index (χ4v) is 2.59. The van der Waals surface area contributed by atoms with Crippen molar-refractivity contribution in [2.75, 3.05) is 19.7 Å². The third-order valence-corrected chi connectivity index (χ3v) is 3.67. The fraction of sp³-hybridized carbons (Fsp3) is 0.571. The SMILES string of the molecule is CCOc1ccc(Br)cc1CN(CCN)C1CC1. The highest BCUT2D eigenvalue weighted by Gasteiger charge is 2.28. The number of halogens is 1. The van der Waals surface area contributed by atoms with E-state index in [1.54, 1.807) is 0 Å². The van der Waals surface area contributed by atoms with Crippen LogP contribution in [0.1, 0.15) is 25.3 Å². The smallest absolute Gasteiger partial charge is 0.123 e. The van der Waals surface area contributed by atoms with Gasteiger partial charge in [0.1, 0.15) is 5.75 Å². The molecule has 1 fully saturated rings. The van der Waals surface area contributed by atoms with Crippen LogP contribution in [-0.4, -0.2) is 30.6 Å². The molecule has 0 aliphatic heterocycles. The molecule has 0 amide bonds. The van der Waals surface area contributed by atoms with Gasteiger partial charge in [0.25, 0.3) is 0 Å². The second kappa shape index (κ2) is 6.55. The lowest BCUT2D eigenvalue weighted by molar-refractivity contribution is 0.254. The number of benzene rings is 1. The molecule has 1 aromatic carbocycles. The van der Waals surface area contributed by atoms with Crippen LogP contribution in [0.4, 0.5) is 0 Å². The third-order valence-electron chi connectivity index (χ3n) is 3.18. The normalized spacial score (nSPS) is 15.1. The molecule has 1 aromatic rings. The highest BCUT2D eigenvalue weighted by atomic mass is 79.9. The van der Waals surface area contributed by atoms with Crippen LogP contribution in [0.3, 0.4) is 0 Å². The molecule has 0 radical (unpaired) electrons. The van der Waals surface area contributed by atoms with Crippen LogP contribution >= 0.6 is 15.9 Å². The maximum atomic E-state index is 5.69. The van der Waals surface area contributed by atoms with Gasteiger partial charge in [0.15, 0.2) is 0 Å². The Balaban J connectivity index is 2.11. The minimum atomic E-state index is 0.703. The third kappa shape index (κ3) is 3.70. The first kappa shape index (κ1) is 13.8. The number of hydrogen-bond donors (Lipinski definition) is 1. The predicted octanol–water partition coefficient (Wildman–Crippen LogP) is 2.77. The first-order valence-electron chi connectivity index (χ1n) is 6.60. The van der Waals surface area contributed by atoms with E-state index in [1.807, 2.05) is 19.1 Å². The van der Waals surface area contributed by atoms with E-state index in [0.29, 0.717) is 13.2 Å². The summed E-state index contributed by atoms with van der Waals surface area (Å²) in [6.07, 6.45) is 2.61. The molecule has 0 saturated heterocycles. The van der Waals surface area contributed by atoms with Crippen molar-refractivity contribution < 1.29 is 4.74 Å². The quantitative estimate of drug-likeness (QED) is 0.841. The maximum absolute atomic E-state index is 5.69. The average molecular weight is 313 g/mol. The Bertz CT molecular complexity index is 393. The molecular weight excluding hydrogens is 292 g/mol. The van der Waals surface area contributed by atoms with Gasteiger partial charge in [0.2, 0.25) is 0 Å². The zero-order valence-corrected chi connectivity index (χ0v) is 12.4. The molecular formula is C14H21BrN2O. The van der Waals surface area contributed by atoms with Crippen molar-refractivity contribution >= 4 is 15.9 Å². The van der Waals surface area contributed by atoms with Crippen LogP contribution in [-0.2, 0) is 6.54 Å². The molecule has 0 unspecified atom stereocenters. The van der Waals surface area contributed by atoms with E-state index in [2.05, 4.69) is 26.9 Å². The average Bonchev–Trinajstić information content (AvgIpc) is 3.16. The van der Waals surface area contributed by atoms with Gasteiger partial charge >= 0.3 is 0 Å². The summed E-state index contributed by atoms with van der Waals surface area (Å²) in [6, 6.07) is 6.94. The van der Waals surface area contributed by atoms with E-state index < -0.39 is 0 Å². The minimum Gasteiger partial charge on any atom is -0.494 e. The number of nitrogens with zero attached hydrogens (tertiary/aromatic N) is 1. The second-order valence-corrected chi connectivity index (χ2v) is 5.59. The molecule has 0 heterocycles. The van der Waals surface area contributed by atoms with Crippen molar-refractivity contribution in [3.05, 3.63) is 28.2 Å². The lowest BCUT2D eigenvalue weighted by Gasteiger charge is -2.22. The van der Waals surface area contributed by atoms with Gasteiger partial charge in [-0.15, -0.1) is 0 Å². The van der Waals surface area contributed by atoms with Gasteiger partial charge in [-0.2, -0.15) is 0 Å². The van der Waals surface area contributed by atoms with E-state index >= 15 is 0 Å². The van der Waals surface area contributed by atoms with Gasteiger partial charge in [-0.1, -0.05) is 15.9 Å². The maximum Gasteiger partial charge on any atom is 0.123 e. The van der Waals surface area contributed by atoms with Gasteiger partial charge in [-0.3, -0.25) is 4.90 Å². The number of ether oxygens (including phenoxy) is 1. The van der Waals surface area contributed by atoms with Crippen LogP contribution in [0.2, 0.25) is 0 Å². The molecule has 1 aliphatic rings. The predicted molar refractivity (Wildman–Crippen MR) is 77.8 cm³/mol. The number of nitrogens with two attached hydrogens (primary N) is 1. The van der Waals surface area contributed by atoms with Gasteiger partial charge in [-0.05, 0) is 38.0 Å². The van der Waals surface area contributed by atoms with Gasteiger partial charge in [0, 0.05) is 35.7 Å². The zero-order valence-electron chi connectivity index (χ0n) is 10.9. The summed E-state index contributed by atoms with van der Waals surface area (Å²) in [6.45, 7) is 5.33. The van der Waals surface area contributed by atoms with Crippen molar-refractivity contribution in [3.63, 3.8) is 0 Å². The summed E-state index contributed by atoms with van der Waals surface area (Å²) < 4.78 is 6.79. The van der Waals surface area contributed by atoms with E-state index in [0.717, 1.165) is 29.4 Å². The monoisotopic (exact) mass is 312 g/mol. The van der Waals surface area contributed by atoms with E-state index in [4.69, 9.17) is 10.5 Å². The largest absolute Gasteiger partial charge is 0.494 e. The van der Waals surface area contributed by atoms with Crippen molar-refractivity contribution in [3.8, 4) is 5.75 Å². The zero-order chi connectivity index (χ0) is 13.0. The highest BCUT2D eigenvalue weighted by Crippen LogP contribution is 2.31. The second-order valence-electron chi connectivity index (χ2n) is 4.68. The lowest BCUT2D eigenvalue weighted by atomic mass is 10.2. The van der Waals surface area contributed by atoms with Gasteiger partial charge < -0.3 is 10.5 Å². The van der Waals surface area contributed by atoms with Crippen LogP contribution in [0, 0.1) is 0 Å². The molecule has 2 rings (SSSR count). The summed E-state index contributed by atoms with van der Waals surface area (Å²) in [5, 5.41) is 0. The van der Waals surface area contributed by atoms with Crippen molar-refractivity contribution in [1.82, 2.24) is 4.90 Å². The Hall–Kier alpha value is -0.580. The molecule has 18 heavy (non-hydrogen) atoms. The highest BCUT2D eigenvalue weighted by molar-refractivity contribution is 9.10. The first-order valence-corrected chi connectivity index (χ1v) is 7.39. The van der Waals surface area contributed by atoms with Crippen LogP contribution in [0.5, 0.6) is 5.75 Å². The first-order chi connectivity index (χ1) is 8.74. The Morgan fingerprint density at radius 2 is 2.22 bits per heavy atom. The van der Waals surface area contributed by atoms with Crippen molar-refractivity contribution in [1.29, 1.82) is 0 Å². The Kier molecular flexibility index (Phi) is 5.03. The van der Waals surface area contributed by atoms with Gasteiger partial charge in [0.05, 0.1) is 6.61 Å². The molecule has 0 aromatic heterocycles.